The number of nitrogens with two attached hydrogens (primary N) is 1. The van der Waals surface area contributed by atoms with Crippen molar-refractivity contribution >= 4 is 23.2 Å². The van der Waals surface area contributed by atoms with Crippen LogP contribution in [0.3, 0.4) is 0 Å². The van der Waals surface area contributed by atoms with Gasteiger partial charge >= 0.3 is 0 Å². The van der Waals surface area contributed by atoms with E-state index in [9.17, 15) is 4.79 Å². The topological polar surface area (TPSA) is 79.5 Å². The van der Waals surface area contributed by atoms with Gasteiger partial charge in [-0.3, -0.25) is 9.79 Å². The third-order valence-electron chi connectivity index (χ3n) is 3.45. The number of rotatable bonds is 5. The van der Waals surface area contributed by atoms with Crippen molar-refractivity contribution < 1.29 is 4.79 Å². The van der Waals surface area contributed by atoms with E-state index in [1.165, 1.54) is 18.1 Å². The minimum Gasteiger partial charge on any atom is -0.370 e. The van der Waals surface area contributed by atoms with Crippen LogP contribution in [0.1, 0.15) is 23.6 Å². The van der Waals surface area contributed by atoms with Gasteiger partial charge in [0.2, 0.25) is 5.91 Å². The van der Waals surface area contributed by atoms with Crippen molar-refractivity contribution in [3.63, 3.8) is 0 Å². The maximum atomic E-state index is 11.0. The van der Waals surface area contributed by atoms with Crippen molar-refractivity contribution in [2.75, 3.05) is 17.2 Å². The highest BCUT2D eigenvalue weighted by Gasteiger charge is 1.99. The number of aliphatic imine (C=N–C) groups is 1. The second kappa shape index (κ2) is 8.15. The molecule has 5 heteroatoms. The summed E-state index contributed by atoms with van der Waals surface area (Å²) >= 11 is 0. The molecule has 0 unspecified atom stereocenters. The summed E-state index contributed by atoms with van der Waals surface area (Å²) in [5, 5.41) is 5.87. The highest BCUT2D eigenvalue weighted by atomic mass is 16.1. The lowest BCUT2D eigenvalue weighted by Crippen LogP contribution is -2.23. The van der Waals surface area contributed by atoms with Crippen LogP contribution in [0.25, 0.3) is 0 Å². The number of nitrogens with zero attached hydrogens (tertiary/aromatic N) is 1. The third kappa shape index (κ3) is 5.76. The van der Waals surface area contributed by atoms with Crippen LogP contribution in [0, 0.1) is 13.8 Å². The fourth-order valence-corrected chi connectivity index (χ4v) is 2.50. The van der Waals surface area contributed by atoms with Gasteiger partial charge in [-0.15, -0.1) is 0 Å². The minimum atomic E-state index is -0.0717. The lowest BCUT2D eigenvalue weighted by molar-refractivity contribution is -0.114. The number of carbonyl (C=O) groups excluding carboxylic acids is 1. The molecule has 0 aromatic heterocycles. The van der Waals surface area contributed by atoms with E-state index in [-0.39, 0.29) is 5.91 Å². The van der Waals surface area contributed by atoms with Crippen LogP contribution in [-0.4, -0.2) is 18.4 Å². The third-order valence-corrected chi connectivity index (χ3v) is 3.45. The molecule has 5 nitrogen and oxygen atoms in total. The molecule has 0 heterocycles. The zero-order chi connectivity index (χ0) is 17.5. The number of benzene rings is 2. The molecule has 0 aliphatic rings. The number of anilines is 2. The lowest BCUT2D eigenvalue weighted by Gasteiger charge is -2.08. The molecule has 0 atom stereocenters. The molecular weight excluding hydrogens is 300 g/mol. The first-order valence-electron chi connectivity index (χ1n) is 7.94. The number of carbonyl (C=O) groups is 1. The summed E-state index contributed by atoms with van der Waals surface area (Å²) in [4.78, 5) is 15.3. The van der Waals surface area contributed by atoms with Crippen molar-refractivity contribution in [2.24, 2.45) is 10.7 Å². The number of amides is 1. The number of hydrogen-bond donors (Lipinski definition) is 3. The van der Waals surface area contributed by atoms with E-state index < -0.39 is 0 Å². The predicted molar refractivity (Wildman–Crippen MR) is 100 cm³/mol. The van der Waals surface area contributed by atoms with Crippen molar-refractivity contribution in [3.05, 3.63) is 59.2 Å². The summed E-state index contributed by atoms with van der Waals surface area (Å²) in [6.45, 7) is 6.20. The Balaban J connectivity index is 1.87. The smallest absolute Gasteiger partial charge is 0.221 e. The van der Waals surface area contributed by atoms with E-state index in [2.05, 4.69) is 35.5 Å². The van der Waals surface area contributed by atoms with Crippen molar-refractivity contribution in [3.8, 4) is 0 Å². The van der Waals surface area contributed by atoms with Gasteiger partial charge in [0.25, 0.3) is 0 Å². The molecule has 2 aromatic carbocycles. The Kier molecular flexibility index (Phi) is 5.95. The lowest BCUT2D eigenvalue weighted by atomic mass is 10.1. The largest absolute Gasteiger partial charge is 0.370 e. The Labute approximate surface area is 143 Å². The summed E-state index contributed by atoms with van der Waals surface area (Å²) in [6, 6.07) is 13.9. The summed E-state index contributed by atoms with van der Waals surface area (Å²) in [5.41, 5.74) is 11.2. The SMILES string of the molecule is CC(=O)Nc1ccc(CCN=C(N)Nc2cc(C)cc(C)c2)cc1. The first kappa shape index (κ1) is 17.5. The van der Waals surface area contributed by atoms with E-state index in [4.69, 9.17) is 5.73 Å². The highest BCUT2D eigenvalue weighted by molar-refractivity contribution is 5.92. The van der Waals surface area contributed by atoms with Gasteiger partial charge in [-0.1, -0.05) is 18.2 Å². The van der Waals surface area contributed by atoms with Crippen LogP contribution in [0.4, 0.5) is 11.4 Å². The zero-order valence-corrected chi connectivity index (χ0v) is 14.4. The van der Waals surface area contributed by atoms with E-state index in [1.54, 1.807) is 0 Å². The molecule has 0 radical (unpaired) electrons. The summed E-state index contributed by atoms with van der Waals surface area (Å²) in [5.74, 6) is 0.340. The average molecular weight is 324 g/mol. The van der Waals surface area contributed by atoms with E-state index >= 15 is 0 Å². The second-order valence-corrected chi connectivity index (χ2v) is 5.90. The Morgan fingerprint density at radius 3 is 2.21 bits per heavy atom. The molecular formula is C19H24N4O. The molecule has 0 aliphatic heterocycles. The summed E-state index contributed by atoms with van der Waals surface area (Å²) < 4.78 is 0. The molecule has 0 bridgehead atoms. The number of hydrogen-bond acceptors (Lipinski definition) is 2. The molecule has 2 aromatic rings. The molecule has 0 spiro atoms. The molecule has 0 saturated heterocycles. The molecule has 4 N–H and O–H groups in total. The quantitative estimate of drug-likeness (QED) is 0.583. The first-order valence-corrected chi connectivity index (χ1v) is 7.94. The fraction of sp³-hybridized carbons (Fsp3) is 0.263. The van der Waals surface area contributed by atoms with Crippen LogP contribution in [-0.2, 0) is 11.2 Å². The van der Waals surface area contributed by atoms with Crippen LogP contribution in [0.2, 0.25) is 0 Å². The molecule has 0 fully saturated rings. The van der Waals surface area contributed by atoms with Crippen LogP contribution in [0.15, 0.2) is 47.5 Å². The number of aryl methyl sites for hydroxylation is 2. The molecule has 0 saturated carbocycles. The van der Waals surface area contributed by atoms with Crippen LogP contribution in [0.5, 0.6) is 0 Å². The van der Waals surface area contributed by atoms with Gasteiger partial charge in [0.1, 0.15) is 0 Å². The maximum Gasteiger partial charge on any atom is 0.221 e. The van der Waals surface area contributed by atoms with Crippen LogP contribution < -0.4 is 16.4 Å². The van der Waals surface area contributed by atoms with Crippen molar-refractivity contribution in [1.29, 1.82) is 0 Å². The van der Waals surface area contributed by atoms with Gasteiger partial charge in [-0.25, -0.2) is 0 Å². The maximum absolute atomic E-state index is 11.0. The van der Waals surface area contributed by atoms with Gasteiger partial charge in [0, 0.05) is 24.8 Å². The van der Waals surface area contributed by atoms with Gasteiger partial charge < -0.3 is 16.4 Å². The summed E-state index contributed by atoms with van der Waals surface area (Å²) in [7, 11) is 0. The molecule has 126 valence electrons. The average Bonchev–Trinajstić information content (AvgIpc) is 2.47. The van der Waals surface area contributed by atoms with Gasteiger partial charge in [-0.05, 0) is 61.2 Å². The number of nitrogens with one attached hydrogen (secondary N) is 2. The van der Waals surface area contributed by atoms with Gasteiger partial charge in [0.15, 0.2) is 5.96 Å². The fourth-order valence-electron chi connectivity index (χ4n) is 2.50. The van der Waals surface area contributed by atoms with Crippen LogP contribution >= 0.6 is 0 Å². The standard InChI is InChI=1S/C19H24N4O/c1-13-10-14(2)12-18(11-13)23-19(20)21-9-8-16-4-6-17(7-5-16)22-15(3)24/h4-7,10-12H,8-9H2,1-3H3,(H,22,24)(H3,20,21,23). The first-order chi connectivity index (χ1) is 11.4. The van der Waals surface area contributed by atoms with E-state index in [1.807, 2.05) is 36.4 Å². The van der Waals surface area contributed by atoms with Gasteiger partial charge in [-0.2, -0.15) is 0 Å². The van der Waals surface area contributed by atoms with E-state index in [0.29, 0.717) is 12.5 Å². The Hall–Kier alpha value is -2.82. The summed E-state index contributed by atoms with van der Waals surface area (Å²) in [6.07, 6.45) is 0.787. The predicted octanol–water partition coefficient (Wildman–Crippen LogP) is 3.23. The van der Waals surface area contributed by atoms with Crippen molar-refractivity contribution in [1.82, 2.24) is 0 Å². The van der Waals surface area contributed by atoms with Crippen molar-refractivity contribution in [2.45, 2.75) is 27.2 Å². The zero-order valence-electron chi connectivity index (χ0n) is 14.4. The Morgan fingerprint density at radius 1 is 1.00 bits per heavy atom. The molecule has 1 amide bonds. The second-order valence-electron chi connectivity index (χ2n) is 5.90. The number of guanidine groups is 1. The molecule has 24 heavy (non-hydrogen) atoms. The van der Waals surface area contributed by atoms with Gasteiger partial charge in [0.05, 0.1) is 0 Å². The molecule has 0 aliphatic carbocycles. The monoisotopic (exact) mass is 324 g/mol. The highest BCUT2D eigenvalue weighted by Crippen LogP contribution is 2.13. The van der Waals surface area contributed by atoms with E-state index in [0.717, 1.165) is 23.4 Å². The Morgan fingerprint density at radius 2 is 1.62 bits per heavy atom. The Bertz CT molecular complexity index is 715. The molecule has 2 rings (SSSR count). The normalized spacial score (nSPS) is 11.2. The minimum absolute atomic E-state index is 0.0717.